The minimum Gasteiger partial charge on any atom is -0.481 e. The van der Waals surface area contributed by atoms with E-state index in [2.05, 4.69) is 25.3 Å². The van der Waals surface area contributed by atoms with E-state index in [1.807, 2.05) is 0 Å². The minimum atomic E-state index is -0.534. The Labute approximate surface area is 144 Å². The molecule has 9 nitrogen and oxygen atoms in total. The molecule has 0 aromatic carbocycles. The van der Waals surface area contributed by atoms with Crippen molar-refractivity contribution in [2.75, 3.05) is 32.0 Å². The van der Waals surface area contributed by atoms with Crippen molar-refractivity contribution in [2.24, 2.45) is 0 Å². The lowest BCUT2D eigenvalue weighted by molar-refractivity contribution is -0.139. The van der Waals surface area contributed by atoms with Gasteiger partial charge in [-0.15, -0.1) is 0 Å². The molecule has 2 amide bonds. The summed E-state index contributed by atoms with van der Waals surface area (Å²) in [5.41, 5.74) is 0.847. The summed E-state index contributed by atoms with van der Waals surface area (Å²) < 4.78 is 14.7. The van der Waals surface area contributed by atoms with Crippen LogP contribution in [0.2, 0.25) is 0 Å². The molecule has 0 radical (unpaired) electrons. The molecule has 2 aromatic heterocycles. The second kappa shape index (κ2) is 8.48. The Morgan fingerprint density at radius 3 is 2.48 bits per heavy atom. The number of esters is 1. The predicted octanol–water partition coefficient (Wildman–Crippen LogP) is 1.85. The normalized spacial score (nSPS) is 9.88. The second-order valence-electron chi connectivity index (χ2n) is 4.76. The Morgan fingerprint density at radius 2 is 1.80 bits per heavy atom. The summed E-state index contributed by atoms with van der Waals surface area (Å²) in [6.07, 6.45) is 0.0177. The van der Waals surface area contributed by atoms with Crippen LogP contribution in [0.3, 0.4) is 0 Å². The van der Waals surface area contributed by atoms with Gasteiger partial charge in [-0.2, -0.15) is 4.98 Å². The largest absolute Gasteiger partial charge is 0.481 e. The van der Waals surface area contributed by atoms with Gasteiger partial charge >= 0.3 is 12.0 Å². The van der Waals surface area contributed by atoms with Gasteiger partial charge in [-0.3, -0.25) is 10.1 Å². The van der Waals surface area contributed by atoms with Crippen molar-refractivity contribution in [1.29, 1.82) is 0 Å². The molecule has 2 heterocycles. The van der Waals surface area contributed by atoms with Crippen LogP contribution in [-0.4, -0.2) is 43.3 Å². The van der Waals surface area contributed by atoms with Crippen LogP contribution in [0.5, 0.6) is 11.8 Å². The van der Waals surface area contributed by atoms with Crippen molar-refractivity contribution in [3.8, 4) is 11.8 Å². The van der Waals surface area contributed by atoms with Crippen molar-refractivity contribution < 1.29 is 23.8 Å². The van der Waals surface area contributed by atoms with E-state index in [9.17, 15) is 9.59 Å². The molecule has 0 saturated carbocycles. The monoisotopic (exact) mass is 346 g/mol. The zero-order valence-electron chi connectivity index (χ0n) is 14.0. The molecular weight excluding hydrogens is 328 g/mol. The Kier molecular flexibility index (Phi) is 6.10. The van der Waals surface area contributed by atoms with Crippen LogP contribution < -0.4 is 20.1 Å². The Bertz CT molecular complexity index is 766. The number of pyridine rings is 2. The first-order valence-corrected chi connectivity index (χ1v) is 7.25. The summed E-state index contributed by atoms with van der Waals surface area (Å²) in [5, 5.41) is 5.18. The van der Waals surface area contributed by atoms with Gasteiger partial charge in [0.1, 0.15) is 11.5 Å². The first-order valence-electron chi connectivity index (χ1n) is 7.25. The Balaban J connectivity index is 2.05. The number of methoxy groups -OCH3 is 3. The van der Waals surface area contributed by atoms with Gasteiger partial charge in [0.15, 0.2) is 0 Å². The maximum absolute atomic E-state index is 12.1. The molecule has 0 bridgehead atoms. The van der Waals surface area contributed by atoms with Crippen LogP contribution in [-0.2, 0) is 16.0 Å². The van der Waals surface area contributed by atoms with Gasteiger partial charge in [0.2, 0.25) is 11.8 Å². The fourth-order valence-corrected chi connectivity index (χ4v) is 1.93. The lowest BCUT2D eigenvalue weighted by Crippen LogP contribution is -2.21. The zero-order valence-corrected chi connectivity index (χ0v) is 14.0. The molecule has 0 aliphatic heterocycles. The Morgan fingerprint density at radius 1 is 1.00 bits per heavy atom. The first-order chi connectivity index (χ1) is 12.0. The number of ether oxygens (including phenoxy) is 3. The molecule has 0 aliphatic rings. The SMILES string of the molecule is COC(=O)Cc1cccc(NC(=O)Nc2ccc(OC)nc2OC)n1. The van der Waals surface area contributed by atoms with E-state index in [4.69, 9.17) is 9.47 Å². The quantitative estimate of drug-likeness (QED) is 0.768. The van der Waals surface area contributed by atoms with Gasteiger partial charge in [-0.25, -0.2) is 9.78 Å². The van der Waals surface area contributed by atoms with Crippen LogP contribution in [0, 0.1) is 0 Å². The second-order valence-corrected chi connectivity index (χ2v) is 4.76. The van der Waals surface area contributed by atoms with Gasteiger partial charge in [0, 0.05) is 6.07 Å². The zero-order chi connectivity index (χ0) is 18.2. The number of carbonyl (C=O) groups is 2. The summed E-state index contributed by atoms with van der Waals surface area (Å²) in [6.45, 7) is 0. The van der Waals surface area contributed by atoms with Gasteiger partial charge in [0.05, 0.1) is 33.4 Å². The molecule has 2 N–H and O–H groups in total. The number of aromatic nitrogens is 2. The fourth-order valence-electron chi connectivity index (χ4n) is 1.93. The molecule has 0 aliphatic carbocycles. The molecule has 25 heavy (non-hydrogen) atoms. The number of carbonyl (C=O) groups excluding carboxylic acids is 2. The standard InChI is InChI=1S/C16H18N4O5/c1-23-13-8-7-11(15(20-13)25-3)18-16(22)19-12-6-4-5-10(17-12)9-14(21)24-2/h4-8H,9H2,1-3H3,(H2,17,18,19,22). The van der Waals surface area contributed by atoms with Crippen LogP contribution >= 0.6 is 0 Å². The summed E-state index contributed by atoms with van der Waals surface area (Å²) in [6, 6.07) is 7.60. The average molecular weight is 346 g/mol. The highest BCUT2D eigenvalue weighted by atomic mass is 16.5. The molecule has 2 rings (SSSR count). The van der Waals surface area contributed by atoms with E-state index in [0.29, 0.717) is 23.1 Å². The average Bonchev–Trinajstić information content (AvgIpc) is 2.62. The van der Waals surface area contributed by atoms with Crippen LogP contribution in [0.25, 0.3) is 0 Å². The van der Waals surface area contributed by atoms with Gasteiger partial charge in [-0.1, -0.05) is 6.07 Å². The third-order valence-corrected chi connectivity index (χ3v) is 3.09. The first kappa shape index (κ1) is 18.0. The summed E-state index contributed by atoms with van der Waals surface area (Å²) in [7, 11) is 4.21. The number of hydrogen-bond donors (Lipinski definition) is 2. The van der Waals surface area contributed by atoms with E-state index in [1.165, 1.54) is 21.3 Å². The molecule has 0 saturated heterocycles. The molecule has 2 aromatic rings. The summed E-state index contributed by atoms with van der Waals surface area (Å²) in [4.78, 5) is 31.7. The van der Waals surface area contributed by atoms with Crippen LogP contribution in [0.4, 0.5) is 16.3 Å². The lowest BCUT2D eigenvalue weighted by Gasteiger charge is -2.11. The number of nitrogens with zero attached hydrogens (tertiary/aromatic N) is 2. The number of amides is 2. The van der Waals surface area contributed by atoms with Crippen molar-refractivity contribution in [3.05, 3.63) is 36.0 Å². The number of rotatable bonds is 6. The summed E-state index contributed by atoms with van der Waals surface area (Å²) >= 11 is 0. The topological polar surface area (TPSA) is 112 Å². The minimum absolute atomic E-state index is 0.0177. The van der Waals surface area contributed by atoms with Gasteiger partial charge < -0.3 is 19.5 Å². The van der Waals surface area contributed by atoms with Crippen molar-refractivity contribution >= 4 is 23.5 Å². The highest BCUT2D eigenvalue weighted by Crippen LogP contribution is 2.24. The molecule has 0 fully saturated rings. The number of nitrogens with one attached hydrogen (secondary N) is 2. The highest BCUT2D eigenvalue weighted by Gasteiger charge is 2.11. The maximum atomic E-state index is 12.1. The van der Waals surface area contributed by atoms with Crippen molar-refractivity contribution in [2.45, 2.75) is 6.42 Å². The number of hydrogen-bond acceptors (Lipinski definition) is 7. The molecule has 9 heteroatoms. The lowest BCUT2D eigenvalue weighted by atomic mass is 10.3. The van der Waals surface area contributed by atoms with E-state index in [0.717, 1.165) is 0 Å². The number of anilines is 2. The maximum Gasteiger partial charge on any atom is 0.325 e. The van der Waals surface area contributed by atoms with Crippen LogP contribution in [0.15, 0.2) is 30.3 Å². The van der Waals surface area contributed by atoms with Crippen molar-refractivity contribution in [3.63, 3.8) is 0 Å². The van der Waals surface area contributed by atoms with E-state index in [-0.39, 0.29) is 12.3 Å². The van der Waals surface area contributed by atoms with E-state index in [1.54, 1.807) is 30.3 Å². The number of urea groups is 1. The van der Waals surface area contributed by atoms with Gasteiger partial charge in [0.25, 0.3) is 0 Å². The molecular formula is C16H18N4O5. The molecule has 132 valence electrons. The van der Waals surface area contributed by atoms with E-state index < -0.39 is 12.0 Å². The fraction of sp³-hybridized carbons (Fsp3) is 0.250. The molecule has 0 unspecified atom stereocenters. The third kappa shape index (κ3) is 5.06. The molecule has 0 spiro atoms. The van der Waals surface area contributed by atoms with Crippen molar-refractivity contribution in [1.82, 2.24) is 9.97 Å². The highest BCUT2D eigenvalue weighted by molar-refractivity contribution is 5.99. The Hall–Kier alpha value is -3.36. The predicted molar refractivity (Wildman–Crippen MR) is 89.9 cm³/mol. The molecule has 0 atom stereocenters. The van der Waals surface area contributed by atoms with E-state index >= 15 is 0 Å². The smallest absolute Gasteiger partial charge is 0.325 e. The third-order valence-electron chi connectivity index (χ3n) is 3.09. The van der Waals surface area contributed by atoms with Gasteiger partial charge in [-0.05, 0) is 18.2 Å². The van der Waals surface area contributed by atoms with Crippen LogP contribution in [0.1, 0.15) is 5.69 Å². The summed E-state index contributed by atoms with van der Waals surface area (Å²) in [5.74, 6) is 0.448.